The van der Waals surface area contributed by atoms with Gasteiger partial charge in [0.25, 0.3) is 0 Å². The van der Waals surface area contributed by atoms with Gasteiger partial charge in [-0.05, 0) is 55.5 Å². The minimum Gasteiger partial charge on any atom is -0.494 e. The summed E-state index contributed by atoms with van der Waals surface area (Å²) in [5.74, 6) is 1.77. The third-order valence-corrected chi connectivity index (χ3v) is 5.29. The molecule has 29 heavy (non-hydrogen) atoms. The zero-order valence-corrected chi connectivity index (χ0v) is 16.9. The summed E-state index contributed by atoms with van der Waals surface area (Å²) in [6.07, 6.45) is 0. The standard InChI is InChI=1S/C22H20N2O4S/c1-3-27-16-10-8-15(9-11-16)24-19-7-5-4-6-18(19)23-22(24)29-14-17-12-13-20(28-17)21(25)26-2/h4-13H,3,14H2,1-2H3. The highest BCUT2D eigenvalue weighted by Crippen LogP contribution is 2.31. The van der Waals surface area contributed by atoms with E-state index in [0.29, 0.717) is 18.1 Å². The number of carbonyl (C=O) groups excluding carboxylic acids is 1. The summed E-state index contributed by atoms with van der Waals surface area (Å²) >= 11 is 1.54. The molecule has 148 valence electrons. The Morgan fingerprint density at radius 2 is 1.90 bits per heavy atom. The summed E-state index contributed by atoms with van der Waals surface area (Å²) in [7, 11) is 1.33. The first kappa shape index (κ1) is 19.1. The Labute approximate surface area is 172 Å². The van der Waals surface area contributed by atoms with E-state index in [0.717, 1.165) is 27.6 Å². The average Bonchev–Trinajstić information content (AvgIpc) is 3.37. The summed E-state index contributed by atoms with van der Waals surface area (Å²) < 4.78 is 17.9. The van der Waals surface area contributed by atoms with Gasteiger partial charge in [0.1, 0.15) is 11.5 Å². The number of carbonyl (C=O) groups is 1. The van der Waals surface area contributed by atoms with Crippen LogP contribution in [0, 0.1) is 0 Å². The highest BCUT2D eigenvalue weighted by molar-refractivity contribution is 7.98. The lowest BCUT2D eigenvalue weighted by Gasteiger charge is -2.10. The van der Waals surface area contributed by atoms with Crippen molar-refractivity contribution >= 4 is 28.8 Å². The molecule has 4 aromatic rings. The van der Waals surface area contributed by atoms with Crippen LogP contribution in [0.25, 0.3) is 16.7 Å². The van der Waals surface area contributed by atoms with E-state index in [-0.39, 0.29) is 5.76 Å². The Kier molecular flexibility index (Phi) is 5.57. The van der Waals surface area contributed by atoms with Crippen molar-refractivity contribution in [2.75, 3.05) is 13.7 Å². The van der Waals surface area contributed by atoms with Gasteiger partial charge in [-0.2, -0.15) is 0 Å². The lowest BCUT2D eigenvalue weighted by atomic mass is 10.2. The van der Waals surface area contributed by atoms with Crippen LogP contribution in [0.5, 0.6) is 5.75 Å². The van der Waals surface area contributed by atoms with Crippen LogP contribution in [0.15, 0.2) is 70.2 Å². The molecule has 0 aliphatic heterocycles. The number of methoxy groups -OCH3 is 1. The molecule has 0 spiro atoms. The highest BCUT2D eigenvalue weighted by Gasteiger charge is 2.15. The molecular weight excluding hydrogens is 388 g/mol. The quantitative estimate of drug-likeness (QED) is 0.313. The molecule has 2 aromatic heterocycles. The maximum absolute atomic E-state index is 11.6. The van der Waals surface area contributed by atoms with E-state index in [1.54, 1.807) is 23.9 Å². The highest BCUT2D eigenvalue weighted by atomic mass is 32.2. The molecule has 0 amide bonds. The average molecular weight is 408 g/mol. The van der Waals surface area contributed by atoms with E-state index in [2.05, 4.69) is 9.30 Å². The van der Waals surface area contributed by atoms with Gasteiger partial charge in [-0.25, -0.2) is 9.78 Å². The van der Waals surface area contributed by atoms with Crippen LogP contribution < -0.4 is 4.74 Å². The second-order valence-corrected chi connectivity index (χ2v) is 7.13. The number of rotatable bonds is 7. The van der Waals surface area contributed by atoms with E-state index in [4.69, 9.17) is 14.1 Å². The number of hydrogen-bond donors (Lipinski definition) is 0. The van der Waals surface area contributed by atoms with Gasteiger partial charge >= 0.3 is 5.97 Å². The van der Waals surface area contributed by atoms with Gasteiger partial charge in [-0.3, -0.25) is 4.57 Å². The third-order valence-electron chi connectivity index (χ3n) is 4.33. The van der Waals surface area contributed by atoms with Crippen molar-refractivity contribution < 1.29 is 18.7 Å². The molecule has 0 saturated heterocycles. The summed E-state index contributed by atoms with van der Waals surface area (Å²) in [5, 5.41) is 0.839. The molecule has 6 nitrogen and oxygen atoms in total. The number of para-hydroxylation sites is 2. The zero-order chi connectivity index (χ0) is 20.2. The first-order valence-corrected chi connectivity index (χ1v) is 10.2. The van der Waals surface area contributed by atoms with Crippen LogP contribution in [0.1, 0.15) is 23.2 Å². The Bertz CT molecular complexity index is 1130. The fraction of sp³-hybridized carbons (Fsp3) is 0.182. The first-order chi connectivity index (χ1) is 14.2. The number of hydrogen-bond acceptors (Lipinski definition) is 6. The largest absolute Gasteiger partial charge is 0.494 e. The number of aromatic nitrogens is 2. The van der Waals surface area contributed by atoms with Crippen molar-refractivity contribution in [1.29, 1.82) is 0 Å². The number of furan rings is 1. The lowest BCUT2D eigenvalue weighted by Crippen LogP contribution is -1.98. The van der Waals surface area contributed by atoms with Crippen LogP contribution in [0.4, 0.5) is 0 Å². The Balaban J connectivity index is 1.64. The van der Waals surface area contributed by atoms with E-state index in [1.165, 1.54) is 7.11 Å². The van der Waals surface area contributed by atoms with Gasteiger partial charge in [-0.15, -0.1) is 0 Å². The second kappa shape index (κ2) is 8.45. The number of ether oxygens (including phenoxy) is 2. The molecular formula is C22H20N2O4S. The molecule has 0 aliphatic rings. The SMILES string of the molecule is CCOc1ccc(-n2c(SCc3ccc(C(=O)OC)o3)nc3ccccc32)cc1. The topological polar surface area (TPSA) is 66.5 Å². The molecule has 7 heteroatoms. The number of thioether (sulfide) groups is 1. The monoisotopic (exact) mass is 408 g/mol. The van der Waals surface area contributed by atoms with Crippen molar-refractivity contribution in [1.82, 2.24) is 9.55 Å². The fourth-order valence-electron chi connectivity index (χ4n) is 3.01. The molecule has 0 atom stereocenters. The Morgan fingerprint density at radius 3 is 2.66 bits per heavy atom. The Hall–Kier alpha value is -3.19. The molecule has 4 rings (SSSR count). The number of nitrogens with zero attached hydrogens (tertiary/aromatic N) is 2. The van der Waals surface area contributed by atoms with Crippen molar-refractivity contribution in [3.63, 3.8) is 0 Å². The van der Waals surface area contributed by atoms with Crippen LogP contribution in [0.2, 0.25) is 0 Å². The third kappa shape index (κ3) is 4.00. The molecule has 2 aromatic carbocycles. The second-order valence-electron chi connectivity index (χ2n) is 6.19. The molecule has 0 saturated carbocycles. The smallest absolute Gasteiger partial charge is 0.373 e. The van der Waals surface area contributed by atoms with Crippen LogP contribution >= 0.6 is 11.8 Å². The van der Waals surface area contributed by atoms with E-state index < -0.39 is 5.97 Å². The van der Waals surface area contributed by atoms with Gasteiger partial charge in [0.05, 0.1) is 30.5 Å². The van der Waals surface area contributed by atoms with Gasteiger partial charge < -0.3 is 13.9 Å². The minimum absolute atomic E-state index is 0.197. The predicted octanol–water partition coefficient (Wildman–Crippen LogP) is 5.10. The normalized spacial score (nSPS) is 11.0. The van der Waals surface area contributed by atoms with Crippen LogP contribution in [-0.4, -0.2) is 29.2 Å². The summed E-state index contributed by atoms with van der Waals surface area (Å²) in [6.45, 7) is 2.59. The molecule has 0 aliphatic carbocycles. The molecule has 0 radical (unpaired) electrons. The molecule has 0 N–H and O–H groups in total. The minimum atomic E-state index is -0.483. The van der Waals surface area contributed by atoms with Gasteiger partial charge in [0.15, 0.2) is 5.16 Å². The van der Waals surface area contributed by atoms with Gasteiger partial charge in [-0.1, -0.05) is 23.9 Å². The Morgan fingerprint density at radius 1 is 1.10 bits per heavy atom. The molecule has 0 fully saturated rings. The number of benzene rings is 2. The fourth-order valence-corrected chi connectivity index (χ4v) is 3.93. The lowest BCUT2D eigenvalue weighted by molar-refractivity contribution is 0.0563. The number of imidazole rings is 1. The maximum Gasteiger partial charge on any atom is 0.373 e. The number of esters is 1. The predicted molar refractivity (Wildman–Crippen MR) is 112 cm³/mol. The van der Waals surface area contributed by atoms with Gasteiger partial charge in [0, 0.05) is 5.69 Å². The summed E-state index contributed by atoms with van der Waals surface area (Å²) in [4.78, 5) is 16.4. The molecule has 0 unspecified atom stereocenters. The van der Waals surface area contributed by atoms with Crippen LogP contribution in [-0.2, 0) is 10.5 Å². The summed E-state index contributed by atoms with van der Waals surface area (Å²) in [5.41, 5.74) is 2.94. The van der Waals surface area contributed by atoms with E-state index >= 15 is 0 Å². The van der Waals surface area contributed by atoms with Crippen molar-refractivity contribution in [3.05, 3.63) is 72.2 Å². The molecule has 0 bridgehead atoms. The van der Waals surface area contributed by atoms with E-state index in [9.17, 15) is 4.79 Å². The zero-order valence-electron chi connectivity index (χ0n) is 16.1. The van der Waals surface area contributed by atoms with Crippen molar-refractivity contribution in [2.24, 2.45) is 0 Å². The van der Waals surface area contributed by atoms with Crippen molar-refractivity contribution in [3.8, 4) is 11.4 Å². The van der Waals surface area contributed by atoms with E-state index in [1.807, 2.05) is 55.5 Å². The first-order valence-electron chi connectivity index (χ1n) is 9.20. The van der Waals surface area contributed by atoms with Gasteiger partial charge in [0.2, 0.25) is 5.76 Å². The van der Waals surface area contributed by atoms with Crippen molar-refractivity contribution in [2.45, 2.75) is 17.8 Å². The molecule has 2 heterocycles. The summed E-state index contributed by atoms with van der Waals surface area (Å²) in [6, 6.07) is 19.4. The van der Waals surface area contributed by atoms with Crippen LogP contribution in [0.3, 0.4) is 0 Å². The number of fused-ring (bicyclic) bond motifs is 1. The maximum atomic E-state index is 11.6.